The maximum atomic E-state index is 12.0. The molecule has 1 aromatic heterocycles. The van der Waals surface area contributed by atoms with Crippen LogP contribution in [-0.2, 0) is 9.59 Å². The van der Waals surface area contributed by atoms with E-state index in [9.17, 15) is 9.59 Å². The van der Waals surface area contributed by atoms with E-state index in [4.69, 9.17) is 5.84 Å². The molecular weight excluding hydrogens is 260 g/mol. The standard InChI is InChI=1S/C12H18N6O2/c1-6-10(14-7(2)15-11(6)17-13)16-8-4-5-9(19)18(3)12(8)20/h8H,4-5,13H2,1-3H3,(H2,14,15,16,17). The Labute approximate surface area is 116 Å². The fourth-order valence-electron chi connectivity index (χ4n) is 2.12. The predicted molar refractivity (Wildman–Crippen MR) is 73.7 cm³/mol. The molecular formula is C12H18N6O2. The highest BCUT2D eigenvalue weighted by Crippen LogP contribution is 2.22. The molecule has 1 aromatic rings. The van der Waals surface area contributed by atoms with Gasteiger partial charge in [-0.1, -0.05) is 0 Å². The molecule has 2 amide bonds. The molecule has 1 aliphatic heterocycles. The van der Waals surface area contributed by atoms with Crippen molar-refractivity contribution >= 4 is 23.5 Å². The number of aromatic nitrogens is 2. The quantitative estimate of drug-likeness (QED) is 0.403. The Kier molecular flexibility index (Phi) is 3.84. The Morgan fingerprint density at radius 3 is 2.55 bits per heavy atom. The minimum Gasteiger partial charge on any atom is -0.358 e. The third-order valence-electron chi connectivity index (χ3n) is 3.35. The molecule has 0 aliphatic carbocycles. The molecule has 1 saturated heterocycles. The second kappa shape index (κ2) is 5.41. The zero-order valence-electron chi connectivity index (χ0n) is 11.7. The van der Waals surface area contributed by atoms with Crippen LogP contribution in [0.25, 0.3) is 0 Å². The van der Waals surface area contributed by atoms with Gasteiger partial charge in [-0.2, -0.15) is 0 Å². The third-order valence-corrected chi connectivity index (χ3v) is 3.35. The van der Waals surface area contributed by atoms with Gasteiger partial charge in [0.1, 0.15) is 23.5 Å². The van der Waals surface area contributed by atoms with Crippen LogP contribution >= 0.6 is 0 Å². The van der Waals surface area contributed by atoms with Crippen molar-refractivity contribution in [2.75, 3.05) is 17.8 Å². The molecule has 2 heterocycles. The predicted octanol–water partition coefficient (Wildman–Crippen LogP) is -0.0617. The Hall–Kier alpha value is -2.22. The lowest BCUT2D eigenvalue weighted by molar-refractivity contribution is -0.146. The number of aryl methyl sites for hydroxylation is 1. The molecule has 1 atom stereocenters. The first-order chi connectivity index (χ1) is 9.43. The largest absolute Gasteiger partial charge is 0.358 e. The molecule has 8 nitrogen and oxygen atoms in total. The molecule has 2 rings (SSSR count). The van der Waals surface area contributed by atoms with Crippen molar-refractivity contribution < 1.29 is 9.59 Å². The van der Waals surface area contributed by atoms with Crippen LogP contribution in [0.1, 0.15) is 24.2 Å². The van der Waals surface area contributed by atoms with Crippen LogP contribution in [0.4, 0.5) is 11.6 Å². The van der Waals surface area contributed by atoms with Crippen LogP contribution in [0.5, 0.6) is 0 Å². The summed E-state index contributed by atoms with van der Waals surface area (Å²) < 4.78 is 0. The first-order valence-electron chi connectivity index (χ1n) is 6.32. The smallest absolute Gasteiger partial charge is 0.251 e. The van der Waals surface area contributed by atoms with Crippen molar-refractivity contribution in [2.45, 2.75) is 32.7 Å². The number of rotatable bonds is 3. The summed E-state index contributed by atoms with van der Waals surface area (Å²) in [6.07, 6.45) is 0.793. The molecule has 1 aliphatic rings. The molecule has 0 aromatic carbocycles. The van der Waals surface area contributed by atoms with Gasteiger partial charge in [0, 0.05) is 19.0 Å². The summed E-state index contributed by atoms with van der Waals surface area (Å²) in [6.45, 7) is 3.54. The van der Waals surface area contributed by atoms with E-state index in [1.807, 2.05) is 0 Å². The Morgan fingerprint density at radius 1 is 1.25 bits per heavy atom. The molecule has 0 radical (unpaired) electrons. The van der Waals surface area contributed by atoms with Gasteiger partial charge in [0.15, 0.2) is 0 Å². The van der Waals surface area contributed by atoms with Gasteiger partial charge in [-0.05, 0) is 20.3 Å². The molecule has 0 saturated carbocycles. The Morgan fingerprint density at radius 2 is 1.90 bits per heavy atom. The topological polar surface area (TPSA) is 113 Å². The van der Waals surface area contributed by atoms with E-state index in [0.29, 0.717) is 30.3 Å². The summed E-state index contributed by atoms with van der Waals surface area (Å²) >= 11 is 0. The van der Waals surface area contributed by atoms with Crippen molar-refractivity contribution in [1.82, 2.24) is 14.9 Å². The molecule has 8 heteroatoms. The number of imide groups is 1. The normalized spacial score (nSPS) is 19.2. The van der Waals surface area contributed by atoms with E-state index in [-0.39, 0.29) is 11.8 Å². The Bertz CT molecular complexity index is 559. The van der Waals surface area contributed by atoms with E-state index >= 15 is 0 Å². The average Bonchev–Trinajstić information content (AvgIpc) is 2.42. The molecule has 108 valence electrons. The number of piperidine rings is 1. The molecule has 1 unspecified atom stereocenters. The molecule has 20 heavy (non-hydrogen) atoms. The van der Waals surface area contributed by atoms with Crippen LogP contribution in [0.15, 0.2) is 0 Å². The summed E-state index contributed by atoms with van der Waals surface area (Å²) in [5.41, 5.74) is 3.23. The number of anilines is 2. The number of nitrogens with two attached hydrogens (primary N) is 1. The second-order valence-corrected chi connectivity index (χ2v) is 4.76. The summed E-state index contributed by atoms with van der Waals surface area (Å²) in [5.74, 6) is 6.59. The Balaban J connectivity index is 2.24. The maximum absolute atomic E-state index is 12.0. The van der Waals surface area contributed by atoms with Gasteiger partial charge in [0.2, 0.25) is 5.91 Å². The third kappa shape index (κ3) is 2.55. The van der Waals surface area contributed by atoms with Gasteiger partial charge < -0.3 is 10.7 Å². The number of amides is 2. The number of nitrogen functional groups attached to an aromatic ring is 1. The van der Waals surface area contributed by atoms with Crippen molar-refractivity contribution in [3.05, 3.63) is 11.4 Å². The highest BCUT2D eigenvalue weighted by molar-refractivity contribution is 6.01. The second-order valence-electron chi connectivity index (χ2n) is 4.76. The highest BCUT2D eigenvalue weighted by atomic mass is 16.2. The van der Waals surface area contributed by atoms with Crippen molar-refractivity contribution in [3.63, 3.8) is 0 Å². The van der Waals surface area contributed by atoms with Crippen LogP contribution in [0.3, 0.4) is 0 Å². The first-order valence-corrected chi connectivity index (χ1v) is 6.32. The lowest BCUT2D eigenvalue weighted by Crippen LogP contribution is -2.48. The van der Waals surface area contributed by atoms with E-state index in [1.165, 1.54) is 7.05 Å². The van der Waals surface area contributed by atoms with Gasteiger partial charge in [0.05, 0.1) is 0 Å². The fourth-order valence-corrected chi connectivity index (χ4v) is 2.12. The van der Waals surface area contributed by atoms with Crippen molar-refractivity contribution in [2.24, 2.45) is 5.84 Å². The summed E-state index contributed by atoms with van der Waals surface area (Å²) in [7, 11) is 1.49. The monoisotopic (exact) mass is 278 g/mol. The lowest BCUT2D eigenvalue weighted by Gasteiger charge is -2.29. The molecule has 0 bridgehead atoms. The molecule has 1 fully saturated rings. The summed E-state index contributed by atoms with van der Waals surface area (Å²) in [5, 5.41) is 3.08. The summed E-state index contributed by atoms with van der Waals surface area (Å²) in [4.78, 5) is 33.1. The number of hydrazine groups is 1. The van der Waals surface area contributed by atoms with E-state index < -0.39 is 6.04 Å². The number of hydrogen-bond acceptors (Lipinski definition) is 7. The van der Waals surface area contributed by atoms with Gasteiger partial charge in [-0.3, -0.25) is 14.5 Å². The van der Waals surface area contributed by atoms with E-state index in [2.05, 4.69) is 20.7 Å². The van der Waals surface area contributed by atoms with Crippen LogP contribution in [0.2, 0.25) is 0 Å². The highest BCUT2D eigenvalue weighted by Gasteiger charge is 2.32. The fraction of sp³-hybridized carbons (Fsp3) is 0.500. The van der Waals surface area contributed by atoms with Crippen LogP contribution in [0, 0.1) is 13.8 Å². The number of hydrogen-bond donors (Lipinski definition) is 3. The van der Waals surface area contributed by atoms with Gasteiger partial charge >= 0.3 is 0 Å². The number of nitrogens with zero attached hydrogens (tertiary/aromatic N) is 3. The van der Waals surface area contributed by atoms with Gasteiger partial charge in [-0.25, -0.2) is 15.8 Å². The number of carbonyl (C=O) groups is 2. The molecule has 0 spiro atoms. The zero-order chi connectivity index (χ0) is 14.9. The van der Waals surface area contributed by atoms with Crippen molar-refractivity contribution in [3.8, 4) is 0 Å². The van der Waals surface area contributed by atoms with Crippen molar-refractivity contribution in [1.29, 1.82) is 0 Å². The number of nitrogens with one attached hydrogen (secondary N) is 2. The number of likely N-dealkylation sites (tertiary alicyclic amines) is 1. The lowest BCUT2D eigenvalue weighted by atomic mass is 10.0. The first kappa shape index (κ1) is 14.2. The zero-order valence-corrected chi connectivity index (χ0v) is 11.7. The minimum absolute atomic E-state index is 0.159. The maximum Gasteiger partial charge on any atom is 0.251 e. The minimum atomic E-state index is -0.462. The van der Waals surface area contributed by atoms with Crippen LogP contribution in [-0.4, -0.2) is 39.8 Å². The van der Waals surface area contributed by atoms with Gasteiger partial charge in [0.25, 0.3) is 5.91 Å². The SMILES string of the molecule is Cc1nc(NN)c(C)c(NC2CCC(=O)N(C)C2=O)n1. The molecule has 4 N–H and O–H groups in total. The number of carbonyl (C=O) groups excluding carboxylic acids is 2. The number of likely N-dealkylation sites (N-methyl/N-ethyl adjacent to an activating group) is 1. The van der Waals surface area contributed by atoms with Crippen LogP contribution < -0.4 is 16.6 Å². The van der Waals surface area contributed by atoms with Gasteiger partial charge in [-0.15, -0.1) is 0 Å². The van der Waals surface area contributed by atoms with E-state index in [0.717, 1.165) is 10.5 Å². The van der Waals surface area contributed by atoms with E-state index in [1.54, 1.807) is 13.8 Å². The average molecular weight is 278 g/mol. The summed E-state index contributed by atoms with van der Waals surface area (Å²) in [6, 6.07) is -0.462.